The number of hydrogen-bond donors (Lipinski definition) is 0. The Labute approximate surface area is 127 Å². The third kappa shape index (κ3) is 6.27. The number of likely N-dealkylation sites (N-methyl/N-ethyl adjacent to an activating group) is 1. The molecule has 0 atom stereocenters. The predicted octanol–water partition coefficient (Wildman–Crippen LogP) is 2.43. The lowest BCUT2D eigenvalue weighted by molar-refractivity contribution is 0.0345. The first-order valence-corrected chi connectivity index (χ1v) is 8.49. The summed E-state index contributed by atoms with van der Waals surface area (Å²) in [7, 11) is 2.23. The molecule has 0 unspecified atom stereocenters. The van der Waals surface area contributed by atoms with Crippen LogP contribution in [0.15, 0.2) is 35.2 Å². The van der Waals surface area contributed by atoms with Gasteiger partial charge in [0.25, 0.3) is 0 Å². The molecule has 0 spiro atoms. The highest BCUT2D eigenvalue weighted by Gasteiger charge is 2.10. The Morgan fingerprint density at radius 1 is 1.15 bits per heavy atom. The molecular formula is C16H26N2OS. The highest BCUT2D eigenvalue weighted by atomic mass is 32.2. The number of nitrogens with zero attached hydrogens (tertiary/aromatic N) is 2. The van der Waals surface area contributed by atoms with Crippen LogP contribution in [0.3, 0.4) is 0 Å². The smallest absolute Gasteiger partial charge is 0.0594 e. The molecule has 4 heteroatoms. The second-order valence-corrected chi connectivity index (χ2v) is 6.44. The molecule has 0 radical (unpaired) electrons. The van der Waals surface area contributed by atoms with E-state index >= 15 is 0 Å². The molecule has 0 aromatic heterocycles. The first-order valence-electron chi connectivity index (χ1n) is 7.51. The normalized spacial score (nSPS) is 16.7. The SMILES string of the molecule is CN(CCCSc1ccccc1)CCN1CCOCC1. The second kappa shape index (κ2) is 9.40. The van der Waals surface area contributed by atoms with Gasteiger partial charge < -0.3 is 9.64 Å². The van der Waals surface area contributed by atoms with Crippen molar-refractivity contribution in [2.24, 2.45) is 0 Å². The van der Waals surface area contributed by atoms with E-state index < -0.39 is 0 Å². The third-order valence-electron chi connectivity index (χ3n) is 3.60. The lowest BCUT2D eigenvalue weighted by atomic mass is 10.4. The summed E-state index contributed by atoms with van der Waals surface area (Å²) >= 11 is 1.95. The van der Waals surface area contributed by atoms with E-state index in [-0.39, 0.29) is 0 Å². The summed E-state index contributed by atoms with van der Waals surface area (Å²) in [5.74, 6) is 1.20. The van der Waals surface area contributed by atoms with Crippen LogP contribution < -0.4 is 0 Å². The van der Waals surface area contributed by atoms with Crippen LogP contribution in [0.4, 0.5) is 0 Å². The lowest BCUT2D eigenvalue weighted by Crippen LogP contribution is -2.40. The molecule has 1 saturated heterocycles. The number of ether oxygens (including phenoxy) is 1. The molecule has 0 bridgehead atoms. The van der Waals surface area contributed by atoms with E-state index in [2.05, 4.69) is 47.2 Å². The zero-order valence-electron chi connectivity index (χ0n) is 12.5. The summed E-state index contributed by atoms with van der Waals surface area (Å²) in [4.78, 5) is 6.32. The third-order valence-corrected chi connectivity index (χ3v) is 4.70. The molecule has 0 aliphatic carbocycles. The fourth-order valence-electron chi connectivity index (χ4n) is 2.29. The van der Waals surface area contributed by atoms with E-state index in [9.17, 15) is 0 Å². The summed E-state index contributed by atoms with van der Waals surface area (Å²) in [6.07, 6.45) is 1.25. The van der Waals surface area contributed by atoms with Gasteiger partial charge in [-0.2, -0.15) is 0 Å². The molecule has 1 aliphatic heterocycles. The maximum Gasteiger partial charge on any atom is 0.0594 e. The Hall–Kier alpha value is -0.550. The first-order chi connectivity index (χ1) is 9.84. The molecule has 0 saturated carbocycles. The van der Waals surface area contributed by atoms with Crippen LogP contribution >= 0.6 is 11.8 Å². The Bertz CT molecular complexity index is 355. The van der Waals surface area contributed by atoms with Gasteiger partial charge in [0.1, 0.15) is 0 Å². The summed E-state index contributed by atoms with van der Waals surface area (Å²) < 4.78 is 5.37. The molecule has 1 fully saturated rings. The van der Waals surface area contributed by atoms with Gasteiger partial charge in [0.05, 0.1) is 13.2 Å². The quantitative estimate of drug-likeness (QED) is 0.540. The average molecular weight is 294 g/mol. The van der Waals surface area contributed by atoms with Crippen molar-refractivity contribution < 1.29 is 4.74 Å². The molecule has 0 N–H and O–H groups in total. The molecular weight excluding hydrogens is 268 g/mol. The standard InChI is InChI=1S/C16H26N2OS/c1-17(9-10-18-11-13-19-14-12-18)8-5-15-20-16-6-3-2-4-7-16/h2-4,6-7H,5,8-15H2,1H3. The largest absolute Gasteiger partial charge is 0.379 e. The predicted molar refractivity (Wildman–Crippen MR) is 86.5 cm³/mol. The van der Waals surface area contributed by atoms with Crippen LogP contribution in [0.1, 0.15) is 6.42 Å². The fraction of sp³-hybridized carbons (Fsp3) is 0.625. The van der Waals surface area contributed by atoms with Crippen molar-refractivity contribution in [2.45, 2.75) is 11.3 Å². The molecule has 0 amide bonds. The van der Waals surface area contributed by atoms with Gasteiger partial charge in [0, 0.05) is 31.1 Å². The van der Waals surface area contributed by atoms with Crippen molar-refractivity contribution in [3.05, 3.63) is 30.3 Å². The average Bonchev–Trinajstić information content (AvgIpc) is 2.52. The second-order valence-electron chi connectivity index (χ2n) is 5.27. The molecule has 1 aromatic rings. The van der Waals surface area contributed by atoms with Gasteiger partial charge in [-0.15, -0.1) is 11.8 Å². The minimum absolute atomic E-state index is 0.900. The monoisotopic (exact) mass is 294 g/mol. The van der Waals surface area contributed by atoms with Crippen LogP contribution in [0.2, 0.25) is 0 Å². The number of morpholine rings is 1. The number of rotatable bonds is 8. The summed E-state index contributed by atoms with van der Waals surface area (Å²) in [6, 6.07) is 10.7. The Kier molecular flexibility index (Phi) is 7.44. The van der Waals surface area contributed by atoms with Crippen molar-refractivity contribution >= 4 is 11.8 Å². The van der Waals surface area contributed by atoms with E-state index in [1.54, 1.807) is 0 Å². The molecule has 3 nitrogen and oxygen atoms in total. The zero-order valence-corrected chi connectivity index (χ0v) is 13.3. The van der Waals surface area contributed by atoms with Gasteiger partial charge in [-0.25, -0.2) is 0 Å². The Morgan fingerprint density at radius 2 is 1.90 bits per heavy atom. The minimum atomic E-state index is 0.900. The number of hydrogen-bond acceptors (Lipinski definition) is 4. The number of benzene rings is 1. The first kappa shape index (κ1) is 15.8. The van der Waals surface area contributed by atoms with Gasteiger partial charge in [-0.3, -0.25) is 4.90 Å². The molecule has 1 aliphatic rings. The summed E-state index contributed by atoms with van der Waals surface area (Å²) in [6.45, 7) is 7.51. The van der Waals surface area contributed by atoms with Crippen molar-refractivity contribution in [3.63, 3.8) is 0 Å². The lowest BCUT2D eigenvalue weighted by Gasteiger charge is -2.28. The molecule has 20 heavy (non-hydrogen) atoms. The zero-order chi connectivity index (χ0) is 14.0. The van der Waals surface area contributed by atoms with Crippen LogP contribution in [0.25, 0.3) is 0 Å². The summed E-state index contributed by atoms with van der Waals surface area (Å²) in [5, 5.41) is 0. The topological polar surface area (TPSA) is 15.7 Å². The van der Waals surface area contributed by atoms with Gasteiger partial charge in [-0.1, -0.05) is 18.2 Å². The molecule has 112 valence electrons. The maximum atomic E-state index is 5.37. The van der Waals surface area contributed by atoms with Crippen molar-refractivity contribution in [1.82, 2.24) is 9.80 Å². The molecule has 2 rings (SSSR count). The van der Waals surface area contributed by atoms with E-state index in [4.69, 9.17) is 4.74 Å². The Morgan fingerprint density at radius 3 is 2.65 bits per heavy atom. The highest BCUT2D eigenvalue weighted by molar-refractivity contribution is 7.99. The minimum Gasteiger partial charge on any atom is -0.379 e. The Balaban J connectivity index is 1.50. The van der Waals surface area contributed by atoms with Gasteiger partial charge in [0.2, 0.25) is 0 Å². The van der Waals surface area contributed by atoms with Gasteiger partial charge >= 0.3 is 0 Å². The van der Waals surface area contributed by atoms with Crippen LogP contribution in [0.5, 0.6) is 0 Å². The van der Waals surface area contributed by atoms with E-state index in [0.29, 0.717) is 0 Å². The van der Waals surface area contributed by atoms with Crippen molar-refractivity contribution in [2.75, 3.05) is 58.7 Å². The van der Waals surface area contributed by atoms with E-state index in [0.717, 1.165) is 32.8 Å². The van der Waals surface area contributed by atoms with Crippen LogP contribution in [-0.4, -0.2) is 68.5 Å². The fourth-order valence-corrected chi connectivity index (χ4v) is 3.15. The van der Waals surface area contributed by atoms with Crippen LogP contribution in [-0.2, 0) is 4.74 Å². The van der Waals surface area contributed by atoms with E-state index in [1.165, 1.54) is 30.2 Å². The van der Waals surface area contributed by atoms with Crippen LogP contribution in [0, 0.1) is 0 Å². The molecule has 1 heterocycles. The van der Waals surface area contributed by atoms with Crippen molar-refractivity contribution in [3.8, 4) is 0 Å². The highest BCUT2D eigenvalue weighted by Crippen LogP contribution is 2.17. The van der Waals surface area contributed by atoms with Gasteiger partial charge in [0.15, 0.2) is 0 Å². The maximum absolute atomic E-state index is 5.37. The van der Waals surface area contributed by atoms with E-state index in [1.807, 2.05) is 11.8 Å². The van der Waals surface area contributed by atoms with Crippen molar-refractivity contribution in [1.29, 1.82) is 0 Å². The number of thioether (sulfide) groups is 1. The summed E-state index contributed by atoms with van der Waals surface area (Å²) in [5.41, 5.74) is 0. The molecule has 1 aromatic carbocycles. The van der Waals surface area contributed by atoms with Gasteiger partial charge in [-0.05, 0) is 37.9 Å².